The number of rotatable bonds is 10. The maximum atomic E-state index is 12.4. The van der Waals surface area contributed by atoms with Crippen molar-refractivity contribution < 1.29 is 32.5 Å². The zero-order chi connectivity index (χ0) is 19.6. The van der Waals surface area contributed by atoms with Crippen LogP contribution in [0.15, 0.2) is 42.5 Å². The summed E-state index contributed by atoms with van der Waals surface area (Å²) in [6.45, 7) is -0.354. The van der Waals surface area contributed by atoms with E-state index in [2.05, 4.69) is 10.1 Å². The second-order valence-electron chi connectivity index (χ2n) is 5.30. The molecule has 0 radical (unpaired) electrons. The van der Waals surface area contributed by atoms with Gasteiger partial charge in [-0.05, 0) is 43.3 Å². The molecule has 1 N–H and O–H groups in total. The molecule has 0 saturated carbocycles. The summed E-state index contributed by atoms with van der Waals surface area (Å²) in [4.78, 5) is 12.0. The molecule has 0 aliphatic carbocycles. The summed E-state index contributed by atoms with van der Waals surface area (Å²) in [5.41, 5.74) is 0.317. The number of methoxy groups -OCH3 is 1. The third-order valence-corrected chi connectivity index (χ3v) is 3.40. The Hall–Kier alpha value is -3.03. The fraction of sp³-hybridized carbons (Fsp3) is 0.316. The van der Waals surface area contributed by atoms with Gasteiger partial charge in [0.25, 0.3) is 0 Å². The van der Waals surface area contributed by atoms with E-state index in [1.807, 2.05) is 6.92 Å². The fourth-order valence-corrected chi connectivity index (χ4v) is 2.23. The number of hydrogen-bond donors (Lipinski definition) is 1. The van der Waals surface area contributed by atoms with E-state index in [-0.39, 0.29) is 30.4 Å². The molecule has 146 valence electrons. The molecule has 27 heavy (non-hydrogen) atoms. The number of halogens is 2. The third-order valence-electron chi connectivity index (χ3n) is 3.40. The maximum Gasteiger partial charge on any atom is 0.387 e. The van der Waals surface area contributed by atoms with Gasteiger partial charge in [0.05, 0.1) is 26.7 Å². The van der Waals surface area contributed by atoms with Gasteiger partial charge in [-0.1, -0.05) is 0 Å². The van der Waals surface area contributed by atoms with Gasteiger partial charge in [-0.3, -0.25) is 4.79 Å². The van der Waals surface area contributed by atoms with E-state index in [1.165, 1.54) is 25.3 Å². The Kier molecular flexibility index (Phi) is 7.66. The van der Waals surface area contributed by atoms with E-state index >= 15 is 0 Å². The van der Waals surface area contributed by atoms with Gasteiger partial charge >= 0.3 is 6.61 Å². The van der Waals surface area contributed by atoms with Gasteiger partial charge in [0.2, 0.25) is 5.91 Å². The molecule has 0 heterocycles. The van der Waals surface area contributed by atoms with E-state index in [1.54, 1.807) is 24.3 Å². The number of nitrogens with one attached hydrogen (secondary N) is 1. The number of amides is 1. The standard InChI is InChI=1S/C19H21F2NO5/c1-3-25-14-5-7-15(8-6-14)26-11-10-18(23)22-13-4-9-16(24-2)17(12-13)27-19(20)21/h4-9,12,19H,3,10-11H2,1-2H3,(H,22,23). The molecule has 0 saturated heterocycles. The fourth-order valence-electron chi connectivity index (χ4n) is 2.23. The number of anilines is 1. The van der Waals surface area contributed by atoms with Gasteiger partial charge in [-0.15, -0.1) is 0 Å². The molecule has 0 bridgehead atoms. The Morgan fingerprint density at radius 2 is 1.70 bits per heavy atom. The number of carbonyl (C=O) groups is 1. The summed E-state index contributed by atoms with van der Waals surface area (Å²) in [6.07, 6.45) is 0.0876. The molecule has 0 fully saturated rings. The van der Waals surface area contributed by atoms with E-state index in [0.717, 1.165) is 5.75 Å². The van der Waals surface area contributed by atoms with Crippen molar-refractivity contribution in [1.29, 1.82) is 0 Å². The SMILES string of the molecule is CCOc1ccc(OCCC(=O)Nc2ccc(OC)c(OC(F)F)c2)cc1. The molecule has 0 spiro atoms. The van der Waals surface area contributed by atoms with Gasteiger partial charge in [-0.2, -0.15) is 8.78 Å². The monoisotopic (exact) mass is 381 g/mol. The van der Waals surface area contributed by atoms with Crippen molar-refractivity contribution in [1.82, 2.24) is 0 Å². The van der Waals surface area contributed by atoms with Crippen LogP contribution in [0.4, 0.5) is 14.5 Å². The van der Waals surface area contributed by atoms with Crippen LogP contribution in [0.1, 0.15) is 13.3 Å². The molecule has 2 aromatic rings. The van der Waals surface area contributed by atoms with Gasteiger partial charge < -0.3 is 24.3 Å². The van der Waals surface area contributed by atoms with Gasteiger partial charge in [0.1, 0.15) is 11.5 Å². The van der Waals surface area contributed by atoms with Crippen LogP contribution in [0.5, 0.6) is 23.0 Å². The highest BCUT2D eigenvalue weighted by Crippen LogP contribution is 2.31. The minimum Gasteiger partial charge on any atom is -0.494 e. The molecule has 2 aromatic carbocycles. The van der Waals surface area contributed by atoms with Crippen LogP contribution in [0, 0.1) is 0 Å². The van der Waals surface area contributed by atoms with Crippen LogP contribution < -0.4 is 24.3 Å². The molecule has 0 aromatic heterocycles. The Labute approximate surface area is 156 Å². The van der Waals surface area contributed by atoms with Crippen molar-refractivity contribution in [3.05, 3.63) is 42.5 Å². The quantitative estimate of drug-likeness (QED) is 0.671. The molecule has 0 aliphatic heterocycles. The molecule has 8 heteroatoms. The summed E-state index contributed by atoms with van der Waals surface area (Å²) < 4.78 is 45.0. The summed E-state index contributed by atoms with van der Waals surface area (Å²) in [5.74, 6) is 1.02. The lowest BCUT2D eigenvalue weighted by atomic mass is 10.2. The average Bonchev–Trinajstić information content (AvgIpc) is 2.63. The van der Waals surface area contributed by atoms with Crippen LogP contribution in [-0.2, 0) is 4.79 Å². The first kappa shape index (κ1) is 20.3. The Balaban J connectivity index is 1.84. The lowest BCUT2D eigenvalue weighted by Crippen LogP contribution is -2.15. The van der Waals surface area contributed by atoms with Gasteiger partial charge in [-0.25, -0.2) is 0 Å². The number of carbonyl (C=O) groups excluding carboxylic acids is 1. The van der Waals surface area contributed by atoms with Crippen LogP contribution in [-0.4, -0.2) is 32.8 Å². The highest BCUT2D eigenvalue weighted by atomic mass is 19.3. The largest absolute Gasteiger partial charge is 0.494 e. The lowest BCUT2D eigenvalue weighted by Gasteiger charge is -2.12. The van der Waals surface area contributed by atoms with E-state index in [4.69, 9.17) is 14.2 Å². The molecule has 0 aliphatic rings. The van der Waals surface area contributed by atoms with Crippen molar-refractivity contribution in [2.24, 2.45) is 0 Å². The zero-order valence-corrected chi connectivity index (χ0v) is 15.0. The first-order chi connectivity index (χ1) is 13.0. The van der Waals surface area contributed by atoms with Crippen molar-refractivity contribution in [2.75, 3.05) is 25.6 Å². The van der Waals surface area contributed by atoms with Crippen molar-refractivity contribution in [3.8, 4) is 23.0 Å². The summed E-state index contributed by atoms with van der Waals surface area (Å²) in [7, 11) is 1.34. The number of alkyl halides is 2. The maximum absolute atomic E-state index is 12.4. The average molecular weight is 381 g/mol. The topological polar surface area (TPSA) is 66.0 Å². The minimum atomic E-state index is -2.99. The predicted octanol–water partition coefficient (Wildman–Crippen LogP) is 4.10. The van der Waals surface area contributed by atoms with Gasteiger partial charge in [0.15, 0.2) is 11.5 Å². The normalized spacial score (nSPS) is 10.4. The predicted molar refractivity (Wildman–Crippen MR) is 96.0 cm³/mol. The molecule has 0 unspecified atom stereocenters. The van der Waals surface area contributed by atoms with Crippen molar-refractivity contribution in [2.45, 2.75) is 20.0 Å². The van der Waals surface area contributed by atoms with Crippen molar-refractivity contribution >= 4 is 11.6 Å². The smallest absolute Gasteiger partial charge is 0.387 e. The number of benzene rings is 2. The van der Waals surface area contributed by atoms with E-state index in [0.29, 0.717) is 18.0 Å². The Morgan fingerprint density at radius 1 is 1.04 bits per heavy atom. The van der Waals surface area contributed by atoms with Crippen LogP contribution in [0.2, 0.25) is 0 Å². The minimum absolute atomic E-state index is 0.0876. The number of hydrogen-bond acceptors (Lipinski definition) is 5. The highest BCUT2D eigenvalue weighted by molar-refractivity contribution is 5.91. The third kappa shape index (κ3) is 6.65. The molecule has 1 amide bonds. The first-order valence-corrected chi connectivity index (χ1v) is 8.30. The second-order valence-corrected chi connectivity index (χ2v) is 5.30. The summed E-state index contributed by atoms with van der Waals surface area (Å²) in [6, 6.07) is 11.3. The van der Waals surface area contributed by atoms with Crippen LogP contribution in [0.25, 0.3) is 0 Å². The Bertz CT molecular complexity index is 737. The first-order valence-electron chi connectivity index (χ1n) is 8.30. The summed E-state index contributed by atoms with van der Waals surface area (Å²) >= 11 is 0. The molecule has 0 atom stereocenters. The highest BCUT2D eigenvalue weighted by Gasteiger charge is 2.12. The second kappa shape index (κ2) is 10.2. The summed E-state index contributed by atoms with van der Waals surface area (Å²) in [5, 5.41) is 2.60. The zero-order valence-electron chi connectivity index (χ0n) is 15.0. The van der Waals surface area contributed by atoms with Crippen molar-refractivity contribution in [3.63, 3.8) is 0 Å². The number of ether oxygens (including phenoxy) is 4. The van der Waals surface area contributed by atoms with Crippen LogP contribution in [0.3, 0.4) is 0 Å². The lowest BCUT2D eigenvalue weighted by molar-refractivity contribution is -0.116. The van der Waals surface area contributed by atoms with Crippen LogP contribution >= 0.6 is 0 Å². The Morgan fingerprint density at radius 3 is 2.30 bits per heavy atom. The van der Waals surface area contributed by atoms with E-state index < -0.39 is 6.61 Å². The molecule has 6 nitrogen and oxygen atoms in total. The van der Waals surface area contributed by atoms with Gasteiger partial charge in [0, 0.05) is 11.8 Å². The molecular formula is C19H21F2NO5. The van der Waals surface area contributed by atoms with E-state index in [9.17, 15) is 13.6 Å². The molecule has 2 rings (SSSR count). The molecular weight excluding hydrogens is 360 g/mol.